The zero-order valence-electron chi connectivity index (χ0n) is 14.2. The fraction of sp³-hybridized carbons (Fsp3) is 0.316. The molecule has 128 valence electrons. The third-order valence-corrected chi connectivity index (χ3v) is 4.93. The molecule has 0 bridgehead atoms. The van der Waals surface area contributed by atoms with E-state index in [1.54, 1.807) is 7.11 Å². The second-order valence-corrected chi connectivity index (χ2v) is 6.40. The third kappa shape index (κ3) is 5.27. The van der Waals surface area contributed by atoms with Gasteiger partial charge in [0.15, 0.2) is 6.61 Å². The highest BCUT2D eigenvalue weighted by Gasteiger charge is 2.06. The highest BCUT2D eigenvalue weighted by Crippen LogP contribution is 2.26. The molecule has 0 saturated carbocycles. The topological polar surface area (TPSA) is 47.6 Å². The second-order valence-electron chi connectivity index (χ2n) is 5.61. The SMILES string of the molecule is COc1ccc(CCNC(=O)COc2cc(C)c(Br)c(C)c2)cc1. The van der Waals surface area contributed by atoms with Gasteiger partial charge in [0.2, 0.25) is 0 Å². The standard InChI is InChI=1S/C19H22BrNO3/c1-13-10-17(11-14(2)19(13)20)24-12-18(22)21-9-8-15-4-6-16(23-3)7-5-15/h4-7,10-11H,8-9,12H2,1-3H3,(H,21,22). The van der Waals surface area contributed by atoms with Gasteiger partial charge in [-0.25, -0.2) is 0 Å². The first-order valence-corrected chi connectivity index (χ1v) is 8.58. The van der Waals surface area contributed by atoms with Gasteiger partial charge in [-0.05, 0) is 61.2 Å². The second kappa shape index (κ2) is 8.73. The average Bonchev–Trinajstić information content (AvgIpc) is 2.58. The predicted molar refractivity (Wildman–Crippen MR) is 98.8 cm³/mol. The predicted octanol–water partition coefficient (Wildman–Crippen LogP) is 3.81. The van der Waals surface area contributed by atoms with Gasteiger partial charge in [0.25, 0.3) is 5.91 Å². The number of rotatable bonds is 7. The van der Waals surface area contributed by atoms with Crippen molar-refractivity contribution in [3.8, 4) is 11.5 Å². The zero-order valence-corrected chi connectivity index (χ0v) is 15.8. The molecule has 0 saturated heterocycles. The van der Waals surface area contributed by atoms with Crippen LogP contribution in [0.1, 0.15) is 16.7 Å². The van der Waals surface area contributed by atoms with Crippen LogP contribution in [0.2, 0.25) is 0 Å². The zero-order chi connectivity index (χ0) is 17.5. The lowest BCUT2D eigenvalue weighted by Crippen LogP contribution is -2.30. The maximum absolute atomic E-state index is 11.9. The van der Waals surface area contributed by atoms with Crippen LogP contribution in [0.5, 0.6) is 11.5 Å². The minimum Gasteiger partial charge on any atom is -0.497 e. The number of benzene rings is 2. The average molecular weight is 392 g/mol. The number of carbonyl (C=O) groups excluding carboxylic acids is 1. The summed E-state index contributed by atoms with van der Waals surface area (Å²) in [4.78, 5) is 11.9. The van der Waals surface area contributed by atoms with Crippen molar-refractivity contribution in [1.29, 1.82) is 0 Å². The normalized spacial score (nSPS) is 10.3. The van der Waals surface area contributed by atoms with Crippen molar-refractivity contribution < 1.29 is 14.3 Å². The Morgan fingerprint density at radius 1 is 1.08 bits per heavy atom. The van der Waals surface area contributed by atoms with Gasteiger partial charge < -0.3 is 14.8 Å². The van der Waals surface area contributed by atoms with Crippen molar-refractivity contribution in [3.63, 3.8) is 0 Å². The fourth-order valence-electron chi connectivity index (χ4n) is 2.33. The maximum atomic E-state index is 11.9. The number of aryl methyl sites for hydroxylation is 2. The molecule has 0 atom stereocenters. The summed E-state index contributed by atoms with van der Waals surface area (Å²) in [6.07, 6.45) is 0.770. The van der Waals surface area contributed by atoms with Gasteiger partial charge in [-0.1, -0.05) is 28.1 Å². The van der Waals surface area contributed by atoms with Crippen LogP contribution in [-0.2, 0) is 11.2 Å². The van der Waals surface area contributed by atoms with Crippen LogP contribution >= 0.6 is 15.9 Å². The minimum atomic E-state index is -0.123. The number of halogens is 1. The Hall–Kier alpha value is -2.01. The molecule has 0 unspecified atom stereocenters. The number of nitrogens with one attached hydrogen (secondary N) is 1. The van der Waals surface area contributed by atoms with E-state index in [4.69, 9.17) is 9.47 Å². The molecule has 0 aliphatic rings. The van der Waals surface area contributed by atoms with Crippen LogP contribution in [0.3, 0.4) is 0 Å². The van der Waals surface area contributed by atoms with E-state index in [0.29, 0.717) is 12.3 Å². The Balaban J connectivity index is 1.75. The third-order valence-electron chi connectivity index (χ3n) is 3.67. The Morgan fingerprint density at radius 3 is 2.29 bits per heavy atom. The van der Waals surface area contributed by atoms with E-state index >= 15 is 0 Å². The van der Waals surface area contributed by atoms with Gasteiger partial charge in [-0.2, -0.15) is 0 Å². The lowest BCUT2D eigenvalue weighted by Gasteiger charge is -2.10. The van der Waals surface area contributed by atoms with Gasteiger partial charge in [0.1, 0.15) is 11.5 Å². The summed E-state index contributed by atoms with van der Waals surface area (Å²) in [6.45, 7) is 4.59. The minimum absolute atomic E-state index is 0.0170. The van der Waals surface area contributed by atoms with Crippen molar-refractivity contribution in [1.82, 2.24) is 5.32 Å². The summed E-state index contributed by atoms with van der Waals surface area (Å²) in [5.74, 6) is 1.41. The Kier molecular flexibility index (Phi) is 6.67. The van der Waals surface area contributed by atoms with Crippen LogP contribution in [-0.4, -0.2) is 26.2 Å². The van der Waals surface area contributed by atoms with E-state index in [-0.39, 0.29) is 12.5 Å². The highest BCUT2D eigenvalue weighted by atomic mass is 79.9. The summed E-state index contributed by atoms with van der Waals surface area (Å²) in [5, 5.41) is 2.87. The van der Waals surface area contributed by atoms with Crippen molar-refractivity contribution in [2.75, 3.05) is 20.3 Å². The molecule has 0 spiro atoms. The summed E-state index contributed by atoms with van der Waals surface area (Å²) in [5.41, 5.74) is 3.33. The van der Waals surface area contributed by atoms with Crippen LogP contribution in [0.25, 0.3) is 0 Å². The molecule has 1 amide bonds. The summed E-state index contributed by atoms with van der Waals surface area (Å²) >= 11 is 3.52. The smallest absolute Gasteiger partial charge is 0.257 e. The first kappa shape index (κ1) is 18.3. The molecule has 1 N–H and O–H groups in total. The van der Waals surface area contributed by atoms with E-state index in [1.165, 1.54) is 0 Å². The maximum Gasteiger partial charge on any atom is 0.257 e. The molecule has 5 heteroatoms. The highest BCUT2D eigenvalue weighted by molar-refractivity contribution is 9.10. The van der Waals surface area contributed by atoms with E-state index in [2.05, 4.69) is 21.2 Å². The van der Waals surface area contributed by atoms with E-state index < -0.39 is 0 Å². The van der Waals surface area contributed by atoms with Crippen molar-refractivity contribution >= 4 is 21.8 Å². The quantitative estimate of drug-likeness (QED) is 0.780. The molecule has 0 aromatic heterocycles. The molecule has 0 aliphatic carbocycles. The van der Waals surface area contributed by atoms with Crippen LogP contribution in [0, 0.1) is 13.8 Å². The summed E-state index contributed by atoms with van der Waals surface area (Å²) < 4.78 is 11.8. The number of methoxy groups -OCH3 is 1. The molecule has 0 aliphatic heterocycles. The monoisotopic (exact) mass is 391 g/mol. The Morgan fingerprint density at radius 2 is 1.71 bits per heavy atom. The van der Waals surface area contributed by atoms with Gasteiger partial charge >= 0.3 is 0 Å². The fourth-order valence-corrected chi connectivity index (χ4v) is 2.56. The largest absolute Gasteiger partial charge is 0.497 e. The molecule has 0 radical (unpaired) electrons. The number of hydrogen-bond donors (Lipinski definition) is 1. The number of hydrogen-bond acceptors (Lipinski definition) is 3. The molecule has 2 aromatic carbocycles. The van der Waals surface area contributed by atoms with Gasteiger partial charge in [0.05, 0.1) is 7.11 Å². The van der Waals surface area contributed by atoms with E-state index in [9.17, 15) is 4.79 Å². The first-order chi connectivity index (χ1) is 11.5. The van der Waals surface area contributed by atoms with E-state index in [0.717, 1.165) is 33.3 Å². The molecule has 0 fully saturated rings. The lowest BCUT2D eigenvalue weighted by molar-refractivity contribution is -0.123. The van der Waals surface area contributed by atoms with Crippen LogP contribution in [0.4, 0.5) is 0 Å². The van der Waals surface area contributed by atoms with Gasteiger partial charge in [-0.15, -0.1) is 0 Å². The van der Waals surface area contributed by atoms with Crippen molar-refractivity contribution in [2.24, 2.45) is 0 Å². The van der Waals surface area contributed by atoms with Crippen LogP contribution in [0.15, 0.2) is 40.9 Å². The van der Waals surface area contributed by atoms with Crippen molar-refractivity contribution in [2.45, 2.75) is 20.3 Å². The Labute approximate surface area is 151 Å². The number of amides is 1. The first-order valence-electron chi connectivity index (χ1n) is 7.79. The van der Waals surface area contributed by atoms with Gasteiger partial charge in [0, 0.05) is 11.0 Å². The van der Waals surface area contributed by atoms with E-state index in [1.807, 2.05) is 50.2 Å². The molecular formula is C19H22BrNO3. The molecule has 24 heavy (non-hydrogen) atoms. The van der Waals surface area contributed by atoms with Crippen molar-refractivity contribution in [3.05, 3.63) is 57.6 Å². The molecular weight excluding hydrogens is 370 g/mol. The number of carbonyl (C=O) groups is 1. The molecule has 2 rings (SSSR count). The lowest BCUT2D eigenvalue weighted by atomic mass is 10.1. The van der Waals surface area contributed by atoms with Crippen LogP contribution < -0.4 is 14.8 Å². The molecule has 0 heterocycles. The number of ether oxygens (including phenoxy) is 2. The summed E-state index contributed by atoms with van der Waals surface area (Å²) in [6, 6.07) is 11.7. The molecule has 4 nitrogen and oxygen atoms in total. The Bertz CT molecular complexity index is 675. The van der Waals surface area contributed by atoms with Gasteiger partial charge in [-0.3, -0.25) is 4.79 Å². The molecule has 2 aromatic rings. The summed E-state index contributed by atoms with van der Waals surface area (Å²) in [7, 11) is 1.64.